The van der Waals surface area contributed by atoms with Crippen LogP contribution in [0, 0.1) is 6.92 Å². The van der Waals surface area contributed by atoms with Crippen LogP contribution in [-0.4, -0.2) is 11.6 Å². The van der Waals surface area contributed by atoms with Crippen LogP contribution in [-0.2, 0) is 0 Å². The van der Waals surface area contributed by atoms with Crippen molar-refractivity contribution in [2.24, 2.45) is 0 Å². The second-order valence-electron chi connectivity index (χ2n) is 6.73. The van der Waals surface area contributed by atoms with Crippen molar-refractivity contribution in [1.82, 2.24) is 0 Å². The van der Waals surface area contributed by atoms with Gasteiger partial charge in [-0.3, -0.25) is 0 Å². The first-order valence-corrected chi connectivity index (χ1v) is 8.20. The zero-order valence-corrected chi connectivity index (χ0v) is 14.6. The van der Waals surface area contributed by atoms with E-state index in [1.54, 1.807) is 0 Å². The van der Waals surface area contributed by atoms with Gasteiger partial charge < -0.3 is 10.6 Å². The van der Waals surface area contributed by atoms with Gasteiger partial charge in [-0.1, -0.05) is 13.8 Å². The highest BCUT2D eigenvalue weighted by atomic mass is 15.0. The van der Waals surface area contributed by atoms with E-state index in [1.807, 2.05) is 0 Å². The lowest BCUT2D eigenvalue weighted by atomic mass is 9.80. The van der Waals surface area contributed by atoms with E-state index in [1.165, 1.54) is 33.6 Å². The number of anilines is 2. The smallest absolute Gasteiger partial charge is 0.0558 e. The number of rotatable bonds is 4. The van der Waals surface area contributed by atoms with Crippen LogP contribution < -0.4 is 10.6 Å². The Bertz CT molecular complexity index is 571. The number of hydrogen-bond donors (Lipinski definition) is 2. The van der Waals surface area contributed by atoms with Crippen LogP contribution in [0.2, 0.25) is 0 Å². The molecule has 0 spiro atoms. The first kappa shape index (κ1) is 15.9. The van der Waals surface area contributed by atoms with E-state index in [0.717, 1.165) is 12.8 Å². The lowest BCUT2D eigenvalue weighted by molar-refractivity contribution is 0.572. The molecule has 1 aromatic rings. The summed E-state index contributed by atoms with van der Waals surface area (Å²) in [5.41, 5.74) is 8.16. The fraction of sp³-hybridized carbons (Fsp3) is 0.579. The molecule has 2 rings (SSSR count). The average Bonchev–Trinajstić information content (AvgIpc) is 2.46. The molecule has 0 saturated heterocycles. The van der Waals surface area contributed by atoms with Crippen molar-refractivity contribution < 1.29 is 0 Å². The molecule has 0 saturated carbocycles. The van der Waals surface area contributed by atoms with Gasteiger partial charge in [0.2, 0.25) is 0 Å². The van der Waals surface area contributed by atoms with Crippen LogP contribution in [0.25, 0.3) is 5.57 Å². The molecule has 2 N–H and O–H groups in total. The Kier molecular flexibility index (Phi) is 4.36. The number of allylic oxidation sites excluding steroid dienone is 1. The Labute approximate surface area is 130 Å². The summed E-state index contributed by atoms with van der Waals surface area (Å²) >= 11 is 0. The van der Waals surface area contributed by atoms with Crippen LogP contribution in [0.3, 0.4) is 0 Å². The summed E-state index contributed by atoms with van der Waals surface area (Å²) in [4.78, 5) is 0. The van der Waals surface area contributed by atoms with E-state index >= 15 is 0 Å². The highest BCUT2D eigenvalue weighted by Crippen LogP contribution is 2.42. The zero-order chi connectivity index (χ0) is 15.8. The molecule has 0 aromatic heterocycles. The molecule has 1 aliphatic heterocycles. The SMILES string of the molecule is CCC(C)Nc1cc(C)c2c(c1)C(C)=C(C)C(C)(CC)N2. The molecule has 21 heavy (non-hydrogen) atoms. The minimum atomic E-state index is 0.0769. The molecular formula is C19H30N2. The molecule has 0 radical (unpaired) electrons. The van der Waals surface area contributed by atoms with Gasteiger partial charge in [0.1, 0.15) is 0 Å². The van der Waals surface area contributed by atoms with Gasteiger partial charge in [0.05, 0.1) is 5.54 Å². The van der Waals surface area contributed by atoms with Crippen molar-refractivity contribution in [3.63, 3.8) is 0 Å². The zero-order valence-electron chi connectivity index (χ0n) is 14.6. The lowest BCUT2D eigenvalue weighted by Gasteiger charge is -2.39. The van der Waals surface area contributed by atoms with Crippen molar-refractivity contribution in [3.05, 3.63) is 28.8 Å². The van der Waals surface area contributed by atoms with E-state index in [4.69, 9.17) is 0 Å². The Morgan fingerprint density at radius 3 is 2.43 bits per heavy atom. The van der Waals surface area contributed by atoms with Gasteiger partial charge in [-0.2, -0.15) is 0 Å². The van der Waals surface area contributed by atoms with Crippen LogP contribution in [0.5, 0.6) is 0 Å². The largest absolute Gasteiger partial charge is 0.383 e. The summed E-state index contributed by atoms with van der Waals surface area (Å²) in [6.45, 7) is 15.7. The first-order valence-electron chi connectivity index (χ1n) is 8.20. The number of nitrogens with one attached hydrogen (secondary N) is 2. The normalized spacial score (nSPS) is 22.6. The standard InChI is InChI=1S/C19H30N2/c1-8-13(4)20-16-10-12(3)18-17(11-16)14(5)15(6)19(7,9-2)21-18/h10-11,13,20-21H,8-9H2,1-7H3. The Morgan fingerprint density at radius 2 is 1.86 bits per heavy atom. The molecule has 2 atom stereocenters. The van der Waals surface area contributed by atoms with Gasteiger partial charge in [-0.15, -0.1) is 0 Å². The molecule has 0 aliphatic carbocycles. The maximum absolute atomic E-state index is 3.78. The quantitative estimate of drug-likeness (QED) is 0.753. The van der Waals surface area contributed by atoms with Crippen molar-refractivity contribution in [2.45, 2.75) is 72.9 Å². The summed E-state index contributed by atoms with van der Waals surface area (Å²) in [6, 6.07) is 5.07. The monoisotopic (exact) mass is 286 g/mol. The maximum atomic E-state index is 3.78. The van der Waals surface area contributed by atoms with Crippen LogP contribution in [0.4, 0.5) is 11.4 Å². The van der Waals surface area contributed by atoms with Gasteiger partial charge in [0.25, 0.3) is 0 Å². The summed E-state index contributed by atoms with van der Waals surface area (Å²) in [5, 5.41) is 7.38. The predicted molar refractivity (Wildman–Crippen MR) is 95.1 cm³/mol. The Morgan fingerprint density at radius 1 is 1.19 bits per heavy atom. The van der Waals surface area contributed by atoms with Gasteiger partial charge in [0, 0.05) is 23.0 Å². The van der Waals surface area contributed by atoms with Gasteiger partial charge in [-0.05, 0) is 76.3 Å². The minimum absolute atomic E-state index is 0.0769. The highest BCUT2D eigenvalue weighted by Gasteiger charge is 2.32. The predicted octanol–water partition coefficient (Wildman–Crippen LogP) is 5.59. The van der Waals surface area contributed by atoms with Gasteiger partial charge >= 0.3 is 0 Å². The fourth-order valence-corrected chi connectivity index (χ4v) is 3.06. The first-order chi connectivity index (χ1) is 9.82. The average molecular weight is 286 g/mol. The van der Waals surface area contributed by atoms with Crippen molar-refractivity contribution >= 4 is 16.9 Å². The number of aryl methyl sites for hydroxylation is 1. The summed E-state index contributed by atoms with van der Waals surface area (Å²) in [5.74, 6) is 0. The topological polar surface area (TPSA) is 24.1 Å². The Balaban J connectivity index is 2.50. The molecule has 0 bridgehead atoms. The highest BCUT2D eigenvalue weighted by molar-refractivity contribution is 5.86. The van der Waals surface area contributed by atoms with Crippen LogP contribution in [0.15, 0.2) is 17.7 Å². The molecule has 2 unspecified atom stereocenters. The van der Waals surface area contributed by atoms with E-state index in [2.05, 4.69) is 71.2 Å². The van der Waals surface area contributed by atoms with Crippen molar-refractivity contribution in [2.75, 3.05) is 10.6 Å². The minimum Gasteiger partial charge on any atom is -0.383 e. The number of hydrogen-bond acceptors (Lipinski definition) is 2. The second kappa shape index (κ2) is 5.75. The fourth-order valence-electron chi connectivity index (χ4n) is 3.06. The van der Waals surface area contributed by atoms with E-state index in [0.29, 0.717) is 6.04 Å². The molecule has 2 heteroatoms. The second-order valence-corrected chi connectivity index (χ2v) is 6.73. The van der Waals surface area contributed by atoms with Crippen LogP contribution >= 0.6 is 0 Å². The third-order valence-electron chi connectivity index (χ3n) is 5.26. The molecular weight excluding hydrogens is 256 g/mol. The van der Waals surface area contributed by atoms with E-state index in [-0.39, 0.29) is 5.54 Å². The maximum Gasteiger partial charge on any atom is 0.0558 e. The molecule has 1 heterocycles. The summed E-state index contributed by atoms with van der Waals surface area (Å²) in [6.07, 6.45) is 2.23. The lowest BCUT2D eigenvalue weighted by Crippen LogP contribution is -2.38. The van der Waals surface area contributed by atoms with Crippen molar-refractivity contribution in [1.29, 1.82) is 0 Å². The van der Waals surface area contributed by atoms with Gasteiger partial charge in [0.15, 0.2) is 0 Å². The Hall–Kier alpha value is -1.44. The molecule has 116 valence electrons. The number of benzene rings is 1. The van der Waals surface area contributed by atoms with E-state index < -0.39 is 0 Å². The van der Waals surface area contributed by atoms with E-state index in [9.17, 15) is 0 Å². The molecule has 0 fully saturated rings. The summed E-state index contributed by atoms with van der Waals surface area (Å²) < 4.78 is 0. The number of fused-ring (bicyclic) bond motifs is 1. The summed E-state index contributed by atoms with van der Waals surface area (Å²) in [7, 11) is 0. The molecule has 1 aromatic carbocycles. The molecule has 2 nitrogen and oxygen atoms in total. The third-order valence-corrected chi connectivity index (χ3v) is 5.26. The molecule has 1 aliphatic rings. The van der Waals surface area contributed by atoms with Gasteiger partial charge in [-0.25, -0.2) is 0 Å². The third kappa shape index (κ3) is 2.81. The molecule has 0 amide bonds. The van der Waals surface area contributed by atoms with Crippen LogP contribution in [0.1, 0.15) is 65.5 Å². The van der Waals surface area contributed by atoms with Crippen molar-refractivity contribution in [3.8, 4) is 0 Å².